The Kier molecular flexibility index (Phi) is 3.25. The SMILES string of the molecule is CCOC(=O)/C=C1\NCCc2ccccc21. The highest BCUT2D eigenvalue weighted by Gasteiger charge is 2.13. The zero-order valence-electron chi connectivity index (χ0n) is 9.32. The Bertz CT molecular complexity index is 424. The van der Waals surface area contributed by atoms with Gasteiger partial charge in [-0.1, -0.05) is 24.3 Å². The summed E-state index contributed by atoms with van der Waals surface area (Å²) in [7, 11) is 0. The Morgan fingerprint density at radius 1 is 1.50 bits per heavy atom. The van der Waals surface area contributed by atoms with E-state index in [1.807, 2.05) is 18.2 Å². The lowest BCUT2D eigenvalue weighted by atomic mass is 9.98. The van der Waals surface area contributed by atoms with Crippen molar-refractivity contribution in [3.8, 4) is 0 Å². The number of fused-ring (bicyclic) bond motifs is 1. The van der Waals surface area contributed by atoms with Crippen molar-refractivity contribution in [1.29, 1.82) is 0 Å². The van der Waals surface area contributed by atoms with E-state index in [9.17, 15) is 4.79 Å². The Hall–Kier alpha value is -1.77. The molecule has 3 nitrogen and oxygen atoms in total. The minimum Gasteiger partial charge on any atom is -0.463 e. The van der Waals surface area contributed by atoms with Gasteiger partial charge in [0.2, 0.25) is 0 Å². The number of hydrogen-bond acceptors (Lipinski definition) is 3. The van der Waals surface area contributed by atoms with Crippen molar-refractivity contribution in [2.24, 2.45) is 0 Å². The molecule has 1 aliphatic rings. The molecule has 1 aliphatic heterocycles. The highest BCUT2D eigenvalue weighted by Crippen LogP contribution is 2.21. The summed E-state index contributed by atoms with van der Waals surface area (Å²) in [6.07, 6.45) is 2.53. The predicted octanol–water partition coefficient (Wildman–Crippen LogP) is 1.74. The topological polar surface area (TPSA) is 38.3 Å². The first-order valence-corrected chi connectivity index (χ1v) is 5.52. The third kappa shape index (κ3) is 2.24. The van der Waals surface area contributed by atoms with Gasteiger partial charge in [-0.05, 0) is 18.9 Å². The Labute approximate surface area is 95.1 Å². The molecule has 84 valence electrons. The molecule has 0 aliphatic carbocycles. The number of ether oxygens (including phenoxy) is 1. The van der Waals surface area contributed by atoms with Crippen molar-refractivity contribution >= 4 is 11.7 Å². The fourth-order valence-electron chi connectivity index (χ4n) is 1.86. The van der Waals surface area contributed by atoms with Crippen LogP contribution in [0.5, 0.6) is 0 Å². The second-order valence-electron chi connectivity index (χ2n) is 3.64. The lowest BCUT2D eigenvalue weighted by molar-refractivity contribution is -0.137. The van der Waals surface area contributed by atoms with Crippen LogP contribution in [0.25, 0.3) is 5.70 Å². The Morgan fingerprint density at radius 3 is 3.12 bits per heavy atom. The van der Waals surface area contributed by atoms with Crippen LogP contribution in [-0.4, -0.2) is 19.1 Å². The molecule has 16 heavy (non-hydrogen) atoms. The molecule has 0 unspecified atom stereocenters. The first kappa shape index (κ1) is 10.7. The smallest absolute Gasteiger partial charge is 0.332 e. The van der Waals surface area contributed by atoms with Gasteiger partial charge in [0.15, 0.2) is 0 Å². The summed E-state index contributed by atoms with van der Waals surface area (Å²) >= 11 is 0. The van der Waals surface area contributed by atoms with Gasteiger partial charge in [-0.3, -0.25) is 0 Å². The number of benzene rings is 1. The molecule has 0 radical (unpaired) electrons. The van der Waals surface area contributed by atoms with Crippen LogP contribution in [0.1, 0.15) is 18.1 Å². The molecule has 1 N–H and O–H groups in total. The fourth-order valence-corrected chi connectivity index (χ4v) is 1.86. The molecule has 2 rings (SSSR count). The summed E-state index contributed by atoms with van der Waals surface area (Å²) in [4.78, 5) is 11.4. The van der Waals surface area contributed by atoms with Gasteiger partial charge in [0.05, 0.1) is 6.61 Å². The summed E-state index contributed by atoms with van der Waals surface area (Å²) in [5, 5.41) is 3.22. The normalized spacial score (nSPS) is 16.4. The van der Waals surface area contributed by atoms with Crippen LogP contribution in [0.4, 0.5) is 0 Å². The standard InChI is InChI=1S/C13H15NO2/c1-2-16-13(15)9-12-11-6-4-3-5-10(11)7-8-14-12/h3-6,9,14H,2,7-8H2,1H3/b12-9-. The van der Waals surface area contributed by atoms with E-state index in [-0.39, 0.29) is 5.97 Å². The summed E-state index contributed by atoms with van der Waals surface area (Å²) in [5.41, 5.74) is 3.24. The van der Waals surface area contributed by atoms with Gasteiger partial charge >= 0.3 is 5.97 Å². The van der Waals surface area contributed by atoms with Crippen molar-refractivity contribution in [2.75, 3.05) is 13.2 Å². The summed E-state index contributed by atoms with van der Waals surface area (Å²) in [6, 6.07) is 8.11. The van der Waals surface area contributed by atoms with E-state index in [4.69, 9.17) is 4.74 Å². The van der Waals surface area contributed by atoms with Gasteiger partial charge < -0.3 is 10.1 Å². The lowest BCUT2D eigenvalue weighted by Crippen LogP contribution is -2.23. The van der Waals surface area contributed by atoms with Gasteiger partial charge in [0.25, 0.3) is 0 Å². The molecule has 0 bridgehead atoms. The molecule has 0 saturated heterocycles. The van der Waals surface area contributed by atoms with Gasteiger partial charge in [0.1, 0.15) is 0 Å². The number of hydrogen-bond donors (Lipinski definition) is 1. The third-order valence-corrected chi connectivity index (χ3v) is 2.57. The van der Waals surface area contributed by atoms with Crippen molar-refractivity contribution in [3.05, 3.63) is 41.5 Å². The largest absolute Gasteiger partial charge is 0.463 e. The lowest BCUT2D eigenvalue weighted by Gasteiger charge is -2.20. The maximum atomic E-state index is 11.4. The number of esters is 1. The predicted molar refractivity (Wildman–Crippen MR) is 62.8 cm³/mol. The Balaban J connectivity index is 2.28. The molecular weight excluding hydrogens is 202 g/mol. The average molecular weight is 217 g/mol. The van der Waals surface area contributed by atoms with E-state index in [2.05, 4.69) is 11.4 Å². The van der Waals surface area contributed by atoms with E-state index < -0.39 is 0 Å². The van der Waals surface area contributed by atoms with Crippen LogP contribution >= 0.6 is 0 Å². The molecule has 1 aromatic carbocycles. The molecule has 0 atom stereocenters. The number of carbonyl (C=O) groups excluding carboxylic acids is 1. The fraction of sp³-hybridized carbons (Fsp3) is 0.308. The van der Waals surface area contributed by atoms with Crippen molar-refractivity contribution in [2.45, 2.75) is 13.3 Å². The maximum Gasteiger partial charge on any atom is 0.332 e. The molecule has 1 heterocycles. The van der Waals surface area contributed by atoms with E-state index >= 15 is 0 Å². The highest BCUT2D eigenvalue weighted by atomic mass is 16.5. The zero-order valence-corrected chi connectivity index (χ0v) is 9.32. The number of carbonyl (C=O) groups is 1. The summed E-state index contributed by atoms with van der Waals surface area (Å²) in [5.74, 6) is -0.290. The van der Waals surface area contributed by atoms with Crippen molar-refractivity contribution < 1.29 is 9.53 Å². The van der Waals surface area contributed by atoms with Crippen molar-refractivity contribution in [3.63, 3.8) is 0 Å². The minimum atomic E-state index is -0.290. The van der Waals surface area contributed by atoms with Crippen LogP contribution in [-0.2, 0) is 16.0 Å². The van der Waals surface area contributed by atoms with E-state index in [0.717, 1.165) is 24.2 Å². The van der Waals surface area contributed by atoms with Crippen LogP contribution in [0, 0.1) is 0 Å². The first-order chi connectivity index (χ1) is 7.81. The molecule has 1 aromatic rings. The average Bonchev–Trinajstić information content (AvgIpc) is 2.30. The van der Waals surface area contributed by atoms with Crippen LogP contribution in [0.3, 0.4) is 0 Å². The van der Waals surface area contributed by atoms with Gasteiger partial charge in [-0.15, -0.1) is 0 Å². The van der Waals surface area contributed by atoms with E-state index in [0.29, 0.717) is 6.61 Å². The molecule has 0 aromatic heterocycles. The minimum absolute atomic E-state index is 0.290. The molecule has 0 spiro atoms. The van der Waals surface area contributed by atoms with Crippen LogP contribution in [0.15, 0.2) is 30.3 Å². The molecule has 0 amide bonds. The highest BCUT2D eigenvalue weighted by molar-refractivity contribution is 5.91. The van der Waals surface area contributed by atoms with E-state index in [1.165, 1.54) is 11.6 Å². The van der Waals surface area contributed by atoms with Gasteiger partial charge in [-0.2, -0.15) is 0 Å². The van der Waals surface area contributed by atoms with E-state index in [1.54, 1.807) is 6.92 Å². The Morgan fingerprint density at radius 2 is 2.31 bits per heavy atom. The maximum absolute atomic E-state index is 11.4. The van der Waals surface area contributed by atoms with Crippen LogP contribution in [0.2, 0.25) is 0 Å². The van der Waals surface area contributed by atoms with Gasteiger partial charge in [0, 0.05) is 23.9 Å². The van der Waals surface area contributed by atoms with Gasteiger partial charge in [-0.25, -0.2) is 4.79 Å². The quantitative estimate of drug-likeness (QED) is 0.605. The monoisotopic (exact) mass is 217 g/mol. The zero-order chi connectivity index (χ0) is 11.4. The number of nitrogens with one attached hydrogen (secondary N) is 1. The summed E-state index contributed by atoms with van der Waals surface area (Å²) in [6.45, 7) is 3.07. The molecule has 3 heteroatoms. The molecule has 0 fully saturated rings. The van der Waals surface area contributed by atoms with Crippen LogP contribution < -0.4 is 5.32 Å². The molecule has 0 saturated carbocycles. The second kappa shape index (κ2) is 4.84. The van der Waals surface area contributed by atoms with Crippen molar-refractivity contribution in [1.82, 2.24) is 5.32 Å². The third-order valence-electron chi connectivity index (χ3n) is 2.57. The second-order valence-corrected chi connectivity index (χ2v) is 3.64. The molecular formula is C13H15NO2. The number of rotatable bonds is 2. The first-order valence-electron chi connectivity index (χ1n) is 5.52. The summed E-state index contributed by atoms with van der Waals surface area (Å²) < 4.78 is 4.90.